The number of aliphatic hydroxyl groups is 1. The Labute approximate surface area is 142 Å². The standard InChI is InChI=1S/C20H23N3O/c24-20(16-6-2-1-3-7-16)11-9-17(10-12-20)21-14-18-15-23-13-5-4-8-19(23)22-18/h1-8,13,15,17,21,24H,9-12,14H2. The second kappa shape index (κ2) is 6.38. The van der Waals surface area contributed by atoms with Crippen molar-refractivity contribution in [3.8, 4) is 0 Å². The van der Waals surface area contributed by atoms with Crippen molar-refractivity contribution in [2.45, 2.75) is 43.9 Å². The summed E-state index contributed by atoms with van der Waals surface area (Å²) < 4.78 is 2.05. The Morgan fingerprint density at radius 1 is 1.08 bits per heavy atom. The van der Waals surface area contributed by atoms with Crippen LogP contribution in [0.15, 0.2) is 60.9 Å². The molecular weight excluding hydrogens is 298 g/mol. The zero-order chi connectivity index (χ0) is 16.4. The molecule has 0 bridgehead atoms. The first-order valence-corrected chi connectivity index (χ1v) is 8.67. The first-order chi connectivity index (χ1) is 11.7. The molecule has 2 N–H and O–H groups in total. The molecule has 4 nitrogen and oxygen atoms in total. The van der Waals surface area contributed by atoms with Crippen LogP contribution in [0, 0.1) is 0 Å². The number of pyridine rings is 1. The number of imidazole rings is 1. The third kappa shape index (κ3) is 3.07. The molecule has 1 aliphatic rings. The van der Waals surface area contributed by atoms with Crippen molar-refractivity contribution in [3.63, 3.8) is 0 Å². The summed E-state index contributed by atoms with van der Waals surface area (Å²) in [7, 11) is 0. The number of hydrogen-bond donors (Lipinski definition) is 2. The Bertz CT molecular complexity index is 771. The summed E-state index contributed by atoms with van der Waals surface area (Å²) in [4.78, 5) is 4.62. The monoisotopic (exact) mass is 321 g/mol. The minimum absolute atomic E-state index is 0.443. The van der Waals surface area contributed by atoms with Gasteiger partial charge in [0.25, 0.3) is 0 Å². The van der Waals surface area contributed by atoms with Crippen molar-refractivity contribution in [1.82, 2.24) is 14.7 Å². The maximum absolute atomic E-state index is 10.9. The summed E-state index contributed by atoms with van der Waals surface area (Å²) in [5, 5.41) is 14.5. The molecule has 1 fully saturated rings. The molecule has 0 amide bonds. The number of fused-ring (bicyclic) bond motifs is 1. The first kappa shape index (κ1) is 15.4. The molecule has 1 aliphatic carbocycles. The molecule has 4 heteroatoms. The highest BCUT2D eigenvalue weighted by Gasteiger charge is 2.34. The second-order valence-corrected chi connectivity index (χ2v) is 6.75. The Morgan fingerprint density at radius 2 is 1.83 bits per heavy atom. The molecule has 1 aromatic carbocycles. The molecule has 0 radical (unpaired) electrons. The third-order valence-corrected chi connectivity index (χ3v) is 5.11. The lowest BCUT2D eigenvalue weighted by molar-refractivity contribution is -0.00849. The molecule has 24 heavy (non-hydrogen) atoms. The average molecular weight is 321 g/mol. The molecule has 0 saturated heterocycles. The van der Waals surface area contributed by atoms with Crippen LogP contribution in [0.1, 0.15) is 36.9 Å². The topological polar surface area (TPSA) is 49.6 Å². The minimum Gasteiger partial charge on any atom is -0.385 e. The lowest BCUT2D eigenvalue weighted by Gasteiger charge is -2.36. The van der Waals surface area contributed by atoms with E-state index in [4.69, 9.17) is 0 Å². The van der Waals surface area contributed by atoms with Crippen molar-refractivity contribution in [2.24, 2.45) is 0 Å². The smallest absolute Gasteiger partial charge is 0.137 e. The molecule has 2 heterocycles. The largest absolute Gasteiger partial charge is 0.385 e. The number of nitrogens with zero attached hydrogens (tertiary/aromatic N) is 2. The van der Waals surface area contributed by atoms with E-state index < -0.39 is 5.60 Å². The summed E-state index contributed by atoms with van der Waals surface area (Å²) >= 11 is 0. The van der Waals surface area contributed by atoms with Crippen molar-refractivity contribution < 1.29 is 5.11 Å². The van der Waals surface area contributed by atoms with E-state index in [9.17, 15) is 5.11 Å². The van der Waals surface area contributed by atoms with Crippen LogP contribution in [0.25, 0.3) is 5.65 Å². The number of benzene rings is 1. The first-order valence-electron chi connectivity index (χ1n) is 8.67. The molecule has 0 spiro atoms. The van der Waals surface area contributed by atoms with Gasteiger partial charge in [-0.25, -0.2) is 4.98 Å². The number of nitrogens with one attached hydrogen (secondary N) is 1. The van der Waals surface area contributed by atoms with Crippen molar-refractivity contribution in [1.29, 1.82) is 0 Å². The Balaban J connectivity index is 1.35. The molecule has 0 unspecified atom stereocenters. The van der Waals surface area contributed by atoms with Crippen molar-refractivity contribution >= 4 is 5.65 Å². The number of rotatable bonds is 4. The second-order valence-electron chi connectivity index (χ2n) is 6.75. The van der Waals surface area contributed by atoms with Crippen molar-refractivity contribution in [2.75, 3.05) is 0 Å². The summed E-state index contributed by atoms with van der Waals surface area (Å²) in [5.41, 5.74) is 2.42. The van der Waals surface area contributed by atoms with Gasteiger partial charge in [-0.15, -0.1) is 0 Å². The summed E-state index contributed by atoms with van der Waals surface area (Å²) in [6, 6.07) is 16.5. The van der Waals surface area contributed by atoms with E-state index >= 15 is 0 Å². The predicted octanol–water partition coefficient (Wildman–Crippen LogP) is 3.25. The number of hydrogen-bond acceptors (Lipinski definition) is 3. The van der Waals surface area contributed by atoms with Gasteiger partial charge in [0.2, 0.25) is 0 Å². The SMILES string of the molecule is OC1(c2ccccc2)CCC(NCc2cn3ccccc3n2)CC1. The lowest BCUT2D eigenvalue weighted by Crippen LogP contribution is -2.39. The van der Waals surface area contributed by atoms with E-state index in [-0.39, 0.29) is 0 Å². The molecule has 0 aliphatic heterocycles. The highest BCUT2D eigenvalue weighted by molar-refractivity contribution is 5.39. The van der Waals surface area contributed by atoms with Crippen LogP contribution in [-0.4, -0.2) is 20.5 Å². The quantitative estimate of drug-likeness (QED) is 0.775. The summed E-state index contributed by atoms with van der Waals surface area (Å²) in [6.45, 7) is 0.774. The van der Waals surface area contributed by atoms with Gasteiger partial charge in [-0.3, -0.25) is 0 Å². The van der Waals surface area contributed by atoms with Crippen LogP contribution >= 0.6 is 0 Å². The molecular formula is C20H23N3O. The van der Waals surface area contributed by atoms with Gasteiger partial charge in [-0.2, -0.15) is 0 Å². The minimum atomic E-state index is -0.664. The fraction of sp³-hybridized carbons (Fsp3) is 0.350. The van der Waals surface area contributed by atoms with E-state index in [2.05, 4.69) is 16.5 Å². The van der Waals surface area contributed by atoms with Crippen LogP contribution in [0.4, 0.5) is 0 Å². The van der Waals surface area contributed by atoms with Gasteiger partial charge in [0.05, 0.1) is 11.3 Å². The van der Waals surface area contributed by atoms with E-state index in [0.717, 1.165) is 49.1 Å². The molecule has 2 aromatic heterocycles. The van der Waals surface area contributed by atoms with Gasteiger partial charge in [-0.1, -0.05) is 36.4 Å². The Hall–Kier alpha value is -2.17. The maximum Gasteiger partial charge on any atom is 0.137 e. The van der Waals surface area contributed by atoms with Gasteiger partial charge in [0.15, 0.2) is 0 Å². The van der Waals surface area contributed by atoms with E-state index in [0.29, 0.717) is 6.04 Å². The summed E-state index contributed by atoms with van der Waals surface area (Å²) in [6.07, 6.45) is 7.68. The number of aromatic nitrogens is 2. The van der Waals surface area contributed by atoms with Gasteiger partial charge in [0, 0.05) is 25.0 Å². The highest BCUT2D eigenvalue weighted by Crippen LogP contribution is 2.36. The van der Waals surface area contributed by atoms with Crippen LogP contribution in [0.3, 0.4) is 0 Å². The third-order valence-electron chi connectivity index (χ3n) is 5.11. The van der Waals surface area contributed by atoms with Gasteiger partial charge < -0.3 is 14.8 Å². The predicted molar refractivity (Wildman–Crippen MR) is 94.6 cm³/mol. The molecule has 4 rings (SSSR count). The zero-order valence-electron chi connectivity index (χ0n) is 13.7. The van der Waals surface area contributed by atoms with Gasteiger partial charge in [-0.05, 0) is 43.4 Å². The van der Waals surface area contributed by atoms with Crippen molar-refractivity contribution in [3.05, 3.63) is 72.2 Å². The van der Waals surface area contributed by atoms with Gasteiger partial charge >= 0.3 is 0 Å². The Kier molecular flexibility index (Phi) is 4.08. The van der Waals surface area contributed by atoms with Crippen LogP contribution < -0.4 is 5.32 Å². The molecule has 0 atom stereocenters. The summed E-state index contributed by atoms with van der Waals surface area (Å²) in [5.74, 6) is 0. The lowest BCUT2D eigenvalue weighted by atomic mass is 9.78. The van der Waals surface area contributed by atoms with E-state index in [1.54, 1.807) is 0 Å². The van der Waals surface area contributed by atoms with E-state index in [1.165, 1.54) is 0 Å². The van der Waals surface area contributed by atoms with E-state index in [1.807, 2.05) is 59.1 Å². The van der Waals surface area contributed by atoms with Gasteiger partial charge in [0.1, 0.15) is 5.65 Å². The van der Waals surface area contributed by atoms with Crippen LogP contribution in [-0.2, 0) is 12.1 Å². The highest BCUT2D eigenvalue weighted by atomic mass is 16.3. The van der Waals surface area contributed by atoms with Crippen LogP contribution in [0.2, 0.25) is 0 Å². The molecule has 1 saturated carbocycles. The van der Waals surface area contributed by atoms with Crippen LogP contribution in [0.5, 0.6) is 0 Å². The fourth-order valence-corrected chi connectivity index (χ4v) is 3.66. The molecule has 124 valence electrons. The maximum atomic E-state index is 10.9. The normalized spacial score (nSPS) is 24.3. The average Bonchev–Trinajstić information content (AvgIpc) is 3.05. The molecule has 3 aromatic rings. The zero-order valence-corrected chi connectivity index (χ0v) is 13.7. The fourth-order valence-electron chi connectivity index (χ4n) is 3.66. The Morgan fingerprint density at radius 3 is 2.58 bits per heavy atom.